The molecule has 0 heterocycles. The van der Waals surface area contributed by atoms with Gasteiger partial charge in [-0.15, -0.1) is 0 Å². The zero-order valence-electron chi connectivity index (χ0n) is 15.8. The van der Waals surface area contributed by atoms with E-state index >= 15 is 0 Å². The molecule has 5 nitrogen and oxygen atoms in total. The van der Waals surface area contributed by atoms with E-state index in [-0.39, 0.29) is 5.91 Å². The fraction of sp³-hybridized carbons (Fsp3) is 0.0870. The lowest BCUT2D eigenvalue weighted by Crippen LogP contribution is -2.07. The second-order valence-corrected chi connectivity index (χ2v) is 6.15. The molecule has 1 amide bonds. The Kier molecular flexibility index (Phi) is 6.31. The summed E-state index contributed by atoms with van der Waals surface area (Å²) < 4.78 is 5.32. The summed E-state index contributed by atoms with van der Waals surface area (Å²) in [4.78, 5) is 12.2. The summed E-state index contributed by atoms with van der Waals surface area (Å²) in [6, 6.07) is 22.5. The number of nitrogens with one attached hydrogen (secondary N) is 1. The van der Waals surface area contributed by atoms with Gasteiger partial charge >= 0.3 is 0 Å². The molecule has 28 heavy (non-hydrogen) atoms. The SMILES string of the molecule is COc1ccc(C)cc1/C=C/C(=O)Nc1ccc(N=Nc2ccccc2)cc1. The number of ether oxygens (including phenoxy) is 1. The quantitative estimate of drug-likeness (QED) is 0.422. The molecular weight excluding hydrogens is 350 g/mol. The molecule has 0 bridgehead atoms. The number of hydrogen-bond donors (Lipinski definition) is 1. The van der Waals surface area contributed by atoms with E-state index in [0.717, 1.165) is 22.6 Å². The van der Waals surface area contributed by atoms with Crippen LogP contribution in [0.25, 0.3) is 6.08 Å². The van der Waals surface area contributed by atoms with Crippen molar-refractivity contribution in [3.8, 4) is 5.75 Å². The monoisotopic (exact) mass is 371 g/mol. The molecule has 140 valence electrons. The molecule has 0 unspecified atom stereocenters. The molecule has 3 aromatic carbocycles. The first-order valence-electron chi connectivity index (χ1n) is 8.84. The largest absolute Gasteiger partial charge is 0.496 e. The summed E-state index contributed by atoms with van der Waals surface area (Å²) in [5.74, 6) is 0.505. The molecule has 0 fully saturated rings. The first kappa shape index (κ1) is 19.0. The molecule has 0 aliphatic heterocycles. The summed E-state index contributed by atoms with van der Waals surface area (Å²) in [5, 5.41) is 11.2. The van der Waals surface area contributed by atoms with Crippen molar-refractivity contribution in [3.05, 3.63) is 90.0 Å². The number of carbonyl (C=O) groups is 1. The van der Waals surface area contributed by atoms with Gasteiger partial charge in [-0.2, -0.15) is 10.2 Å². The van der Waals surface area contributed by atoms with Crippen molar-refractivity contribution >= 4 is 29.0 Å². The molecule has 0 atom stereocenters. The highest BCUT2D eigenvalue weighted by atomic mass is 16.5. The summed E-state index contributed by atoms with van der Waals surface area (Å²) in [6.07, 6.45) is 3.23. The van der Waals surface area contributed by atoms with Crippen LogP contribution < -0.4 is 10.1 Å². The number of azo groups is 1. The smallest absolute Gasteiger partial charge is 0.248 e. The van der Waals surface area contributed by atoms with Crippen molar-refractivity contribution in [1.29, 1.82) is 0 Å². The number of nitrogens with zero attached hydrogens (tertiary/aromatic N) is 2. The Labute approximate surface area is 164 Å². The van der Waals surface area contributed by atoms with E-state index in [4.69, 9.17) is 4.74 Å². The Morgan fingerprint density at radius 3 is 2.29 bits per heavy atom. The van der Waals surface area contributed by atoms with Crippen LogP contribution in [0.2, 0.25) is 0 Å². The van der Waals surface area contributed by atoms with E-state index in [0.29, 0.717) is 11.4 Å². The fourth-order valence-electron chi connectivity index (χ4n) is 2.55. The fourth-order valence-corrected chi connectivity index (χ4v) is 2.55. The number of methoxy groups -OCH3 is 1. The Hall–Kier alpha value is -3.73. The average molecular weight is 371 g/mol. The van der Waals surface area contributed by atoms with Gasteiger partial charge in [-0.05, 0) is 61.5 Å². The van der Waals surface area contributed by atoms with E-state index in [1.807, 2.05) is 55.5 Å². The lowest BCUT2D eigenvalue weighted by molar-refractivity contribution is -0.111. The molecule has 0 saturated heterocycles. The van der Waals surface area contributed by atoms with Crippen molar-refractivity contribution in [2.24, 2.45) is 10.2 Å². The Bertz CT molecular complexity index is 994. The van der Waals surface area contributed by atoms with Gasteiger partial charge in [0, 0.05) is 17.3 Å². The van der Waals surface area contributed by atoms with E-state index in [1.54, 1.807) is 37.5 Å². The summed E-state index contributed by atoms with van der Waals surface area (Å²) in [5.41, 5.74) is 4.14. The minimum Gasteiger partial charge on any atom is -0.496 e. The highest BCUT2D eigenvalue weighted by molar-refractivity contribution is 6.02. The maximum atomic E-state index is 12.2. The van der Waals surface area contributed by atoms with Gasteiger partial charge in [0.2, 0.25) is 5.91 Å². The van der Waals surface area contributed by atoms with Gasteiger partial charge in [0.05, 0.1) is 18.5 Å². The van der Waals surface area contributed by atoms with E-state index in [1.165, 1.54) is 6.08 Å². The van der Waals surface area contributed by atoms with Crippen molar-refractivity contribution in [2.75, 3.05) is 12.4 Å². The lowest BCUT2D eigenvalue weighted by Gasteiger charge is -2.06. The maximum Gasteiger partial charge on any atom is 0.248 e. The third-order valence-electron chi connectivity index (χ3n) is 3.97. The van der Waals surface area contributed by atoms with Gasteiger partial charge in [-0.3, -0.25) is 4.79 Å². The van der Waals surface area contributed by atoms with Crippen LogP contribution in [-0.2, 0) is 4.79 Å². The number of rotatable bonds is 6. The third kappa shape index (κ3) is 5.38. The van der Waals surface area contributed by atoms with Crippen LogP contribution in [0.5, 0.6) is 5.75 Å². The van der Waals surface area contributed by atoms with Crippen LogP contribution in [-0.4, -0.2) is 13.0 Å². The Morgan fingerprint density at radius 2 is 1.61 bits per heavy atom. The van der Waals surface area contributed by atoms with Crippen molar-refractivity contribution in [3.63, 3.8) is 0 Å². The van der Waals surface area contributed by atoms with Gasteiger partial charge in [0.25, 0.3) is 0 Å². The highest BCUT2D eigenvalue weighted by Gasteiger charge is 2.02. The van der Waals surface area contributed by atoms with Crippen molar-refractivity contribution < 1.29 is 9.53 Å². The average Bonchev–Trinajstić information content (AvgIpc) is 2.72. The summed E-state index contributed by atoms with van der Waals surface area (Å²) in [7, 11) is 1.61. The molecule has 1 N–H and O–H groups in total. The Balaban J connectivity index is 1.62. The molecule has 5 heteroatoms. The zero-order chi connectivity index (χ0) is 19.8. The molecule has 0 aromatic heterocycles. The standard InChI is InChI=1S/C23H21N3O2/c1-17-8-14-22(28-2)18(16-17)9-15-23(27)24-19-10-12-21(13-11-19)26-25-20-6-4-3-5-7-20/h3-16H,1-2H3,(H,24,27)/b15-9+,26-25?. The van der Waals surface area contributed by atoms with Gasteiger partial charge in [-0.25, -0.2) is 0 Å². The molecule has 3 rings (SSSR count). The summed E-state index contributed by atoms with van der Waals surface area (Å²) in [6.45, 7) is 1.99. The van der Waals surface area contributed by atoms with Gasteiger partial charge in [0.15, 0.2) is 0 Å². The zero-order valence-corrected chi connectivity index (χ0v) is 15.8. The summed E-state index contributed by atoms with van der Waals surface area (Å²) >= 11 is 0. The van der Waals surface area contributed by atoms with Crippen LogP contribution >= 0.6 is 0 Å². The first-order chi connectivity index (χ1) is 13.6. The van der Waals surface area contributed by atoms with Crippen LogP contribution in [0.15, 0.2) is 89.1 Å². The second-order valence-electron chi connectivity index (χ2n) is 6.15. The minimum atomic E-state index is -0.220. The number of hydrogen-bond acceptors (Lipinski definition) is 4. The maximum absolute atomic E-state index is 12.2. The topological polar surface area (TPSA) is 63.0 Å². The minimum absolute atomic E-state index is 0.220. The normalized spacial score (nSPS) is 11.1. The number of aryl methyl sites for hydroxylation is 1. The number of amides is 1. The van der Waals surface area contributed by atoms with Crippen LogP contribution in [0.3, 0.4) is 0 Å². The van der Waals surface area contributed by atoms with E-state index < -0.39 is 0 Å². The number of benzene rings is 3. The van der Waals surface area contributed by atoms with E-state index in [9.17, 15) is 4.79 Å². The molecule has 0 aliphatic rings. The second kappa shape index (κ2) is 9.28. The molecule has 0 saturated carbocycles. The van der Waals surface area contributed by atoms with Crippen molar-refractivity contribution in [2.45, 2.75) is 6.92 Å². The van der Waals surface area contributed by atoms with Gasteiger partial charge in [-0.1, -0.05) is 29.8 Å². The van der Waals surface area contributed by atoms with Crippen molar-refractivity contribution in [1.82, 2.24) is 0 Å². The first-order valence-corrected chi connectivity index (χ1v) is 8.84. The molecule has 3 aromatic rings. The number of carbonyl (C=O) groups excluding carboxylic acids is 1. The van der Waals surface area contributed by atoms with Crippen LogP contribution in [0, 0.1) is 6.92 Å². The van der Waals surface area contributed by atoms with Crippen LogP contribution in [0.4, 0.5) is 17.1 Å². The molecular formula is C23H21N3O2. The number of anilines is 1. The molecule has 0 radical (unpaired) electrons. The van der Waals surface area contributed by atoms with Gasteiger partial charge in [0.1, 0.15) is 5.75 Å². The van der Waals surface area contributed by atoms with Gasteiger partial charge < -0.3 is 10.1 Å². The van der Waals surface area contributed by atoms with Crippen LogP contribution in [0.1, 0.15) is 11.1 Å². The lowest BCUT2D eigenvalue weighted by atomic mass is 10.1. The molecule has 0 spiro atoms. The predicted octanol–water partition coefficient (Wildman–Crippen LogP) is 6.07. The third-order valence-corrected chi connectivity index (χ3v) is 3.97. The van der Waals surface area contributed by atoms with E-state index in [2.05, 4.69) is 15.5 Å². The Morgan fingerprint density at radius 1 is 0.929 bits per heavy atom. The highest BCUT2D eigenvalue weighted by Crippen LogP contribution is 2.22. The predicted molar refractivity (Wildman–Crippen MR) is 112 cm³/mol. The molecule has 0 aliphatic carbocycles.